The van der Waals surface area contributed by atoms with Crippen LogP contribution in [0.25, 0.3) is 0 Å². The zero-order valence-electron chi connectivity index (χ0n) is 10.1. The Hall–Kier alpha value is -1.27. The highest BCUT2D eigenvalue weighted by Gasteiger charge is 2.16. The average molecular weight is 315 g/mol. The Kier molecular flexibility index (Phi) is 4.43. The molecular weight excluding hydrogens is 300 g/mol. The van der Waals surface area contributed by atoms with Crippen molar-refractivity contribution in [2.45, 2.75) is 13.5 Å². The van der Waals surface area contributed by atoms with E-state index in [1.807, 2.05) is 19.1 Å². The molecule has 2 rings (SSSR count). The molecule has 1 heterocycles. The number of nitrogens with one attached hydrogen (secondary N) is 2. The highest BCUT2D eigenvalue weighted by Crippen LogP contribution is 2.36. The van der Waals surface area contributed by atoms with Gasteiger partial charge in [-0.1, -0.05) is 15.9 Å². The lowest BCUT2D eigenvalue weighted by atomic mass is 10.2. The van der Waals surface area contributed by atoms with Crippen molar-refractivity contribution in [2.24, 2.45) is 0 Å². The van der Waals surface area contributed by atoms with Gasteiger partial charge < -0.3 is 20.1 Å². The van der Waals surface area contributed by atoms with E-state index in [2.05, 4.69) is 26.6 Å². The third kappa shape index (κ3) is 3.14. The first-order valence-corrected chi connectivity index (χ1v) is 6.55. The molecule has 0 spiro atoms. The van der Waals surface area contributed by atoms with Crippen LogP contribution in [0.1, 0.15) is 12.5 Å². The van der Waals surface area contributed by atoms with Crippen LogP contribution in [0.15, 0.2) is 16.6 Å². The van der Waals surface area contributed by atoms with E-state index in [0.717, 1.165) is 21.5 Å². The van der Waals surface area contributed by atoms with Crippen LogP contribution in [0.4, 0.5) is 0 Å². The van der Waals surface area contributed by atoms with E-state index in [1.54, 1.807) is 0 Å². The number of likely N-dealkylation sites (N-methyl/N-ethyl adjacent to an activating group) is 1. The molecule has 0 atom stereocenters. The Morgan fingerprint density at radius 3 is 2.83 bits per heavy atom. The summed E-state index contributed by atoms with van der Waals surface area (Å²) in [7, 11) is 0. The van der Waals surface area contributed by atoms with Crippen LogP contribution >= 0.6 is 15.9 Å². The van der Waals surface area contributed by atoms with Gasteiger partial charge in [0, 0.05) is 17.6 Å². The van der Waals surface area contributed by atoms with Crippen LogP contribution in [-0.4, -0.2) is 25.8 Å². The van der Waals surface area contributed by atoms with Gasteiger partial charge in [-0.05, 0) is 24.6 Å². The lowest BCUT2D eigenvalue weighted by molar-refractivity contribution is -0.120. The smallest absolute Gasteiger partial charge is 0.233 e. The van der Waals surface area contributed by atoms with Crippen molar-refractivity contribution < 1.29 is 14.3 Å². The summed E-state index contributed by atoms with van der Waals surface area (Å²) in [6, 6.07) is 3.79. The molecule has 0 aliphatic carbocycles. The second-order valence-electron chi connectivity index (χ2n) is 3.85. The summed E-state index contributed by atoms with van der Waals surface area (Å²) in [5.74, 6) is 1.48. The Bertz CT molecular complexity index is 451. The fraction of sp³-hybridized carbons (Fsp3) is 0.417. The first-order chi connectivity index (χ1) is 8.70. The Morgan fingerprint density at radius 1 is 1.39 bits per heavy atom. The fourth-order valence-corrected chi connectivity index (χ4v) is 2.13. The monoisotopic (exact) mass is 314 g/mol. The van der Waals surface area contributed by atoms with E-state index in [4.69, 9.17) is 9.47 Å². The maximum Gasteiger partial charge on any atom is 0.233 e. The van der Waals surface area contributed by atoms with Gasteiger partial charge in [-0.25, -0.2) is 0 Å². The minimum atomic E-state index is -0.00522. The van der Waals surface area contributed by atoms with Crippen molar-refractivity contribution in [2.75, 3.05) is 19.9 Å². The number of benzene rings is 1. The molecule has 98 valence electrons. The number of fused-ring (bicyclic) bond motifs is 1. The maximum atomic E-state index is 11.3. The molecular formula is C12H15BrN2O3. The maximum absolute atomic E-state index is 11.3. The van der Waals surface area contributed by atoms with Gasteiger partial charge in [0.25, 0.3) is 0 Å². The molecule has 18 heavy (non-hydrogen) atoms. The summed E-state index contributed by atoms with van der Waals surface area (Å²) < 4.78 is 11.5. The summed E-state index contributed by atoms with van der Waals surface area (Å²) >= 11 is 3.47. The number of carbonyl (C=O) groups is 1. The molecule has 5 nitrogen and oxygen atoms in total. The van der Waals surface area contributed by atoms with Gasteiger partial charge in [0.05, 0.1) is 6.54 Å². The molecule has 6 heteroatoms. The Labute approximate surface area is 114 Å². The van der Waals surface area contributed by atoms with Gasteiger partial charge >= 0.3 is 0 Å². The normalized spacial score (nSPS) is 12.6. The number of hydrogen-bond acceptors (Lipinski definition) is 4. The van der Waals surface area contributed by atoms with E-state index >= 15 is 0 Å². The number of rotatable bonds is 5. The van der Waals surface area contributed by atoms with Gasteiger partial charge in [-0.3, -0.25) is 4.79 Å². The summed E-state index contributed by atoms with van der Waals surface area (Å²) in [5, 5.41) is 5.81. The zero-order valence-corrected chi connectivity index (χ0v) is 11.7. The standard InChI is InChI=1S/C12H15BrN2O3/c1-2-15-12(16)6-14-5-8-3-10-11(4-9(8)13)18-7-17-10/h3-4,14H,2,5-7H2,1H3,(H,15,16). The molecule has 0 radical (unpaired) electrons. The number of hydrogen-bond donors (Lipinski definition) is 2. The summed E-state index contributed by atoms with van der Waals surface area (Å²) in [5.41, 5.74) is 1.03. The van der Waals surface area contributed by atoms with Crippen LogP contribution < -0.4 is 20.1 Å². The second-order valence-corrected chi connectivity index (χ2v) is 4.71. The molecule has 1 aromatic carbocycles. The van der Waals surface area contributed by atoms with Crippen LogP contribution in [0, 0.1) is 0 Å². The minimum Gasteiger partial charge on any atom is -0.454 e. The van der Waals surface area contributed by atoms with Gasteiger partial charge in [-0.2, -0.15) is 0 Å². The van der Waals surface area contributed by atoms with E-state index in [9.17, 15) is 4.79 Å². The second kappa shape index (κ2) is 6.06. The van der Waals surface area contributed by atoms with Crippen molar-refractivity contribution in [3.63, 3.8) is 0 Å². The van der Waals surface area contributed by atoms with Crippen molar-refractivity contribution in [1.29, 1.82) is 0 Å². The first-order valence-electron chi connectivity index (χ1n) is 5.76. The number of ether oxygens (including phenoxy) is 2. The third-order valence-corrected chi connectivity index (χ3v) is 3.25. The van der Waals surface area contributed by atoms with Gasteiger partial charge in [0.15, 0.2) is 11.5 Å². The molecule has 1 amide bonds. The van der Waals surface area contributed by atoms with E-state index < -0.39 is 0 Å². The third-order valence-electron chi connectivity index (χ3n) is 2.52. The van der Waals surface area contributed by atoms with Crippen LogP contribution in [0.5, 0.6) is 11.5 Å². The van der Waals surface area contributed by atoms with Crippen molar-refractivity contribution in [3.8, 4) is 11.5 Å². The van der Waals surface area contributed by atoms with Crippen LogP contribution in [0.2, 0.25) is 0 Å². The molecule has 2 N–H and O–H groups in total. The largest absolute Gasteiger partial charge is 0.454 e. The van der Waals surface area contributed by atoms with Crippen LogP contribution in [-0.2, 0) is 11.3 Å². The van der Waals surface area contributed by atoms with Crippen LogP contribution in [0.3, 0.4) is 0 Å². The topological polar surface area (TPSA) is 59.6 Å². The highest BCUT2D eigenvalue weighted by molar-refractivity contribution is 9.10. The van der Waals surface area contributed by atoms with E-state index in [1.165, 1.54) is 0 Å². The fourth-order valence-electron chi connectivity index (χ4n) is 1.67. The molecule has 1 aliphatic heterocycles. The van der Waals surface area contributed by atoms with E-state index in [-0.39, 0.29) is 12.7 Å². The lowest BCUT2D eigenvalue weighted by Crippen LogP contribution is -2.33. The molecule has 0 unspecified atom stereocenters. The SMILES string of the molecule is CCNC(=O)CNCc1cc2c(cc1Br)OCO2. The number of halogens is 1. The minimum absolute atomic E-state index is 0.00522. The predicted octanol–water partition coefficient (Wildman–Crippen LogP) is 1.40. The van der Waals surface area contributed by atoms with Crippen molar-refractivity contribution >= 4 is 21.8 Å². The van der Waals surface area contributed by atoms with Crippen molar-refractivity contribution in [3.05, 3.63) is 22.2 Å². The molecule has 0 fully saturated rings. The molecule has 0 saturated heterocycles. The lowest BCUT2D eigenvalue weighted by Gasteiger charge is -2.08. The molecule has 1 aromatic rings. The number of amides is 1. The quantitative estimate of drug-likeness (QED) is 0.862. The highest BCUT2D eigenvalue weighted by atomic mass is 79.9. The molecule has 0 bridgehead atoms. The summed E-state index contributed by atoms with van der Waals surface area (Å²) in [6.07, 6.45) is 0. The average Bonchev–Trinajstić information content (AvgIpc) is 2.76. The predicted molar refractivity (Wildman–Crippen MR) is 70.7 cm³/mol. The molecule has 0 saturated carbocycles. The number of carbonyl (C=O) groups excluding carboxylic acids is 1. The molecule has 0 aromatic heterocycles. The van der Waals surface area contributed by atoms with Gasteiger partial charge in [0.1, 0.15) is 0 Å². The van der Waals surface area contributed by atoms with E-state index in [0.29, 0.717) is 19.6 Å². The summed E-state index contributed by atoms with van der Waals surface area (Å²) in [6.45, 7) is 3.70. The molecule has 1 aliphatic rings. The van der Waals surface area contributed by atoms with Crippen molar-refractivity contribution in [1.82, 2.24) is 10.6 Å². The van der Waals surface area contributed by atoms with Gasteiger partial charge in [-0.15, -0.1) is 0 Å². The Balaban J connectivity index is 1.92. The summed E-state index contributed by atoms with van der Waals surface area (Å²) in [4.78, 5) is 11.3. The zero-order chi connectivity index (χ0) is 13.0. The Morgan fingerprint density at radius 2 is 2.11 bits per heavy atom. The first kappa shape index (κ1) is 13.2. The van der Waals surface area contributed by atoms with Gasteiger partial charge in [0.2, 0.25) is 12.7 Å².